The predicted molar refractivity (Wildman–Crippen MR) is 323 cm³/mol. The van der Waals surface area contributed by atoms with E-state index in [1.54, 1.807) is 63.1 Å². The number of aryl methyl sites for hydroxylation is 2. The molecule has 24 heteroatoms. The first kappa shape index (κ1) is 61.7. The Morgan fingerprint density at radius 3 is 1.93 bits per heavy atom. The van der Waals surface area contributed by atoms with E-state index in [2.05, 4.69) is 123 Å². The van der Waals surface area contributed by atoms with Crippen LogP contribution in [0.4, 0.5) is 5.82 Å². The molecule has 460 valence electrons. The number of pyridine rings is 2. The van der Waals surface area contributed by atoms with Gasteiger partial charge in [0.2, 0.25) is 11.8 Å². The van der Waals surface area contributed by atoms with E-state index in [9.17, 15) is 26.4 Å². The lowest BCUT2D eigenvalue weighted by molar-refractivity contribution is 0.0972. The molecule has 3 aliphatic carbocycles. The Bertz CT molecular complexity index is 3660. The molecule has 6 aromatic heterocycles. The number of rotatable bonds is 17. The number of anilines is 1. The Morgan fingerprint density at radius 2 is 1.34 bits per heavy atom. The number of carbonyl (C=O) groups is 2. The minimum absolute atomic E-state index is 0.0776. The zero-order valence-electron chi connectivity index (χ0n) is 51.2. The minimum atomic E-state index is -4.20. The lowest BCUT2D eigenvalue weighted by Crippen LogP contribution is -2.41. The number of hydrogen-bond donors (Lipinski definition) is 2. The van der Waals surface area contributed by atoms with E-state index in [1.165, 1.54) is 42.1 Å². The highest BCUT2D eigenvalue weighted by atomic mass is 35.5. The van der Waals surface area contributed by atoms with E-state index in [1.807, 2.05) is 6.07 Å². The number of fused-ring (bicyclic) bond motifs is 6. The van der Waals surface area contributed by atoms with Crippen LogP contribution in [0.2, 0.25) is 5.15 Å². The second-order valence-electron chi connectivity index (χ2n) is 27.8. The molecular formula is C61H84ClN13O8S2. The Morgan fingerprint density at radius 1 is 0.729 bits per heavy atom. The molecule has 0 spiro atoms. The molecule has 21 nitrogen and oxygen atoms in total. The third kappa shape index (κ3) is 12.9. The molecule has 2 aliphatic heterocycles. The molecule has 2 unspecified atom stereocenters. The average Bonchev–Trinajstić information content (AvgIpc) is 1.59. The molecule has 1 saturated heterocycles. The molecule has 6 aromatic rings. The average molecular weight is 1230 g/mol. The van der Waals surface area contributed by atoms with Gasteiger partial charge in [0.1, 0.15) is 11.0 Å². The van der Waals surface area contributed by atoms with Crippen LogP contribution in [0.3, 0.4) is 0 Å². The summed E-state index contributed by atoms with van der Waals surface area (Å²) in [5.74, 6) is 2.97. The Kier molecular flexibility index (Phi) is 16.5. The number of nitrogens with zero attached hydrogens (tertiary/aromatic N) is 11. The van der Waals surface area contributed by atoms with Gasteiger partial charge in [0.25, 0.3) is 31.9 Å². The molecule has 2 N–H and O–H groups in total. The summed E-state index contributed by atoms with van der Waals surface area (Å²) in [6, 6.07) is 12.6. The molecule has 0 aromatic carbocycles. The fraction of sp³-hybridized carbons (Fsp3) is 0.607. The van der Waals surface area contributed by atoms with E-state index < -0.39 is 31.9 Å². The monoisotopic (exact) mass is 1230 g/mol. The summed E-state index contributed by atoms with van der Waals surface area (Å²) in [6.07, 6.45) is 17.1. The van der Waals surface area contributed by atoms with Gasteiger partial charge in [0.05, 0.1) is 24.3 Å². The second kappa shape index (κ2) is 22.7. The maximum atomic E-state index is 13.5. The van der Waals surface area contributed by atoms with Crippen LogP contribution >= 0.6 is 11.6 Å². The number of ether oxygens (including phenoxy) is 2. The topological polar surface area (TPSA) is 245 Å². The number of sulfonamides is 2. The Hall–Kier alpha value is -6.33. The van der Waals surface area contributed by atoms with Crippen LogP contribution < -0.4 is 23.8 Å². The van der Waals surface area contributed by atoms with E-state index in [0.717, 1.165) is 44.9 Å². The fourth-order valence-electron chi connectivity index (χ4n) is 13.9. The van der Waals surface area contributed by atoms with Crippen LogP contribution in [0, 0.1) is 50.7 Å². The van der Waals surface area contributed by atoms with Crippen molar-refractivity contribution in [1.82, 2.24) is 58.5 Å². The van der Waals surface area contributed by atoms with Crippen molar-refractivity contribution >= 4 is 49.3 Å². The van der Waals surface area contributed by atoms with Gasteiger partial charge in [-0.1, -0.05) is 80.8 Å². The molecule has 4 bridgehead atoms. The molecule has 85 heavy (non-hydrogen) atoms. The highest BCUT2D eigenvalue weighted by Gasteiger charge is 2.64. The molecule has 8 heterocycles. The van der Waals surface area contributed by atoms with Crippen LogP contribution in [0.25, 0.3) is 11.6 Å². The standard InChI is InChI=1S/C31H43ClN6O4S.C30H41N7O4S/c1-29(2)15-11-21(20-29)8-7-16-37-17-13-26(35-37)43(40,41)36-28(39)22-9-10-24(33-27(22)32)38-18-12-25(34-38)42-19-14-23-30(3,4)31(23,5)6;1-28(2)18-20-8-7-14-35-15-12-25(33-35)42(39,40)34-27(38)21-9-10-23(31-26(21)36(28)19-20)37-16-11-24(32-37)41-17-13-22-29(3,4)30(22,5)6/h9-10,12-13,17-18,21,23H,7-8,11,14-16,19-20H2,1-6H3,(H,36,39);9-12,15-16,20,22H,7-8,13-14,17-19H2,1-6H3,(H,34,38). The van der Waals surface area contributed by atoms with Gasteiger partial charge in [-0.15, -0.1) is 10.2 Å². The van der Waals surface area contributed by atoms with Crippen LogP contribution in [0.15, 0.2) is 83.4 Å². The van der Waals surface area contributed by atoms with Crippen molar-refractivity contribution < 1.29 is 35.9 Å². The zero-order valence-corrected chi connectivity index (χ0v) is 53.6. The number of hydrogen-bond acceptors (Lipinski definition) is 15. The summed E-state index contributed by atoms with van der Waals surface area (Å²) < 4.78 is 74.3. The summed E-state index contributed by atoms with van der Waals surface area (Å²) in [5.41, 5.74) is 1.46. The van der Waals surface area contributed by atoms with Gasteiger partial charge in [-0.25, -0.2) is 28.8 Å². The largest absolute Gasteiger partial charge is 0.477 e. The number of amides is 2. The fourth-order valence-corrected chi connectivity index (χ4v) is 16.0. The number of carbonyl (C=O) groups excluding carboxylic acids is 2. The number of aromatic nitrogens is 10. The van der Waals surface area contributed by atoms with Crippen LogP contribution in [-0.2, 0) is 33.1 Å². The Balaban J connectivity index is 0.000000189. The maximum absolute atomic E-state index is 13.5. The zero-order chi connectivity index (χ0) is 61.3. The molecule has 4 fully saturated rings. The molecule has 11 rings (SSSR count). The Labute approximate surface area is 505 Å². The smallest absolute Gasteiger partial charge is 0.283 e. The summed E-state index contributed by atoms with van der Waals surface area (Å²) >= 11 is 6.31. The predicted octanol–water partition coefficient (Wildman–Crippen LogP) is 10.7. The van der Waals surface area contributed by atoms with E-state index >= 15 is 0 Å². The highest BCUT2D eigenvalue weighted by molar-refractivity contribution is 7.90. The second-order valence-corrected chi connectivity index (χ2v) is 31.4. The first-order chi connectivity index (χ1) is 39.8. The van der Waals surface area contributed by atoms with Gasteiger partial charge >= 0.3 is 0 Å². The van der Waals surface area contributed by atoms with Crippen molar-refractivity contribution in [2.75, 3.05) is 24.7 Å². The van der Waals surface area contributed by atoms with Gasteiger partial charge in [-0.05, 0) is 165 Å². The van der Waals surface area contributed by atoms with Crippen LogP contribution in [0.5, 0.6) is 11.8 Å². The summed E-state index contributed by atoms with van der Waals surface area (Å²) in [6.45, 7) is 30.4. The first-order valence-electron chi connectivity index (χ1n) is 29.8. The van der Waals surface area contributed by atoms with Crippen molar-refractivity contribution in [2.45, 2.75) is 176 Å². The number of nitrogens with one attached hydrogen (secondary N) is 2. The van der Waals surface area contributed by atoms with Gasteiger partial charge in [-0.2, -0.15) is 27.0 Å². The van der Waals surface area contributed by atoms with Crippen molar-refractivity contribution in [1.29, 1.82) is 0 Å². The first-order valence-corrected chi connectivity index (χ1v) is 33.2. The SMILES string of the molecule is CC1(C)CC2CCCn3ccc(n3)S(=O)(=O)NC(=O)c3ccc(-n4ccc(OCCC5C(C)(C)C5(C)C)n4)nc3N1C2.CC1(C)CCC(CCCn2ccc(S(=O)(=O)NC(=O)c3ccc(-n4ccc(OCCC5C(C)(C)C5(C)C)n4)nc3Cl)n2)C1. The molecule has 0 radical (unpaired) electrons. The van der Waals surface area contributed by atoms with E-state index in [-0.39, 0.29) is 31.9 Å². The van der Waals surface area contributed by atoms with Gasteiger partial charge in [0.15, 0.2) is 21.7 Å². The highest BCUT2D eigenvalue weighted by Crippen LogP contribution is 2.70. The van der Waals surface area contributed by atoms with Crippen molar-refractivity contribution in [3.05, 3.63) is 89.6 Å². The summed E-state index contributed by atoms with van der Waals surface area (Å²) in [5, 5.41) is 16.8. The van der Waals surface area contributed by atoms with Crippen molar-refractivity contribution in [3.8, 4) is 23.4 Å². The molecular weight excluding hydrogens is 1140 g/mol. The summed E-state index contributed by atoms with van der Waals surface area (Å²) in [4.78, 5) is 37.6. The number of halogens is 1. The molecule has 5 aliphatic rings. The van der Waals surface area contributed by atoms with E-state index in [4.69, 9.17) is 26.1 Å². The molecule has 2 atom stereocenters. The summed E-state index contributed by atoms with van der Waals surface area (Å²) in [7, 11) is -8.35. The minimum Gasteiger partial charge on any atom is -0.477 e. The van der Waals surface area contributed by atoms with Crippen LogP contribution in [-0.4, -0.2) is 103 Å². The van der Waals surface area contributed by atoms with Crippen LogP contribution in [0.1, 0.15) is 168 Å². The normalized spacial score (nSPS) is 22.3. The van der Waals surface area contributed by atoms with Crippen molar-refractivity contribution in [3.63, 3.8) is 0 Å². The van der Waals surface area contributed by atoms with Crippen molar-refractivity contribution in [2.24, 2.45) is 50.7 Å². The quantitative estimate of drug-likeness (QED) is 0.0807. The molecule has 2 amide bonds. The third-order valence-electron chi connectivity index (χ3n) is 20.3. The van der Waals surface area contributed by atoms with E-state index in [0.29, 0.717) is 113 Å². The van der Waals surface area contributed by atoms with Gasteiger partial charge in [-0.3, -0.25) is 19.0 Å². The maximum Gasteiger partial charge on any atom is 0.283 e. The lowest BCUT2D eigenvalue weighted by Gasteiger charge is -2.34. The van der Waals surface area contributed by atoms with Gasteiger partial charge < -0.3 is 14.4 Å². The lowest BCUT2D eigenvalue weighted by atomic mass is 9.89. The molecule has 3 saturated carbocycles. The van der Waals surface area contributed by atoms with Gasteiger partial charge in [0, 0.05) is 62.1 Å². The third-order valence-corrected chi connectivity index (χ3v) is 23.0.